The third kappa shape index (κ3) is 1.54. The van der Waals surface area contributed by atoms with Crippen LogP contribution in [0.4, 0.5) is 0 Å². The molecule has 2 aromatic rings. The normalized spacial score (nSPS) is 11.1. The van der Waals surface area contributed by atoms with Gasteiger partial charge < -0.3 is 0 Å². The van der Waals surface area contributed by atoms with Crippen LogP contribution in [0.2, 0.25) is 5.02 Å². The predicted octanol–water partition coefficient (Wildman–Crippen LogP) is 4.86. The molecule has 2 rings (SSSR count). The van der Waals surface area contributed by atoms with E-state index in [4.69, 9.17) is 23.2 Å². The average Bonchev–Trinajstić information content (AvgIpc) is 2.61. The molecule has 3 heteroatoms. The summed E-state index contributed by atoms with van der Waals surface area (Å²) in [6, 6.07) is 4.04. The molecule has 0 fully saturated rings. The van der Waals surface area contributed by atoms with E-state index in [1.807, 2.05) is 6.07 Å². The molecule has 0 aliphatic heterocycles. The van der Waals surface area contributed by atoms with Crippen molar-refractivity contribution in [3.63, 3.8) is 0 Å². The highest BCUT2D eigenvalue weighted by Crippen LogP contribution is 2.34. The van der Waals surface area contributed by atoms with E-state index in [-0.39, 0.29) is 0 Å². The minimum absolute atomic E-state index is 0.563. The second kappa shape index (κ2) is 4.09. The lowest BCUT2D eigenvalue weighted by Crippen LogP contribution is -1.85. The number of hydrogen-bond donors (Lipinski definition) is 0. The van der Waals surface area contributed by atoms with Crippen LogP contribution in [-0.2, 0) is 12.3 Å². The minimum atomic E-state index is 0.563. The average molecular weight is 245 g/mol. The highest BCUT2D eigenvalue weighted by Gasteiger charge is 2.09. The van der Waals surface area contributed by atoms with Gasteiger partial charge >= 0.3 is 0 Å². The molecule has 0 nitrogen and oxygen atoms in total. The van der Waals surface area contributed by atoms with E-state index < -0.39 is 0 Å². The topological polar surface area (TPSA) is 0 Å². The summed E-state index contributed by atoms with van der Waals surface area (Å²) >= 11 is 13.8. The Morgan fingerprint density at radius 2 is 2.14 bits per heavy atom. The summed E-state index contributed by atoms with van der Waals surface area (Å²) in [6.45, 7) is 2.12. The van der Waals surface area contributed by atoms with Crippen LogP contribution >= 0.6 is 34.5 Å². The van der Waals surface area contributed by atoms with Crippen molar-refractivity contribution in [1.29, 1.82) is 0 Å². The molecule has 0 atom stereocenters. The molecule has 0 aliphatic rings. The number of thiophene rings is 1. The monoisotopic (exact) mass is 244 g/mol. The lowest BCUT2D eigenvalue weighted by atomic mass is 10.1. The molecule has 1 aromatic heterocycles. The standard InChI is InChI=1S/C11H10Cl2S/c1-2-8-9(13)3-4-10-11(8)7(5-12)6-14-10/h3-4,6H,2,5H2,1H3. The SMILES string of the molecule is CCc1c(Cl)ccc2scc(CCl)c12. The molecule has 0 amide bonds. The molecular formula is C11H10Cl2S. The van der Waals surface area contributed by atoms with Crippen LogP contribution in [0.15, 0.2) is 17.5 Å². The maximum atomic E-state index is 6.15. The number of rotatable bonds is 2. The van der Waals surface area contributed by atoms with Crippen LogP contribution < -0.4 is 0 Å². The summed E-state index contributed by atoms with van der Waals surface area (Å²) < 4.78 is 1.28. The van der Waals surface area contributed by atoms with Gasteiger partial charge in [0.2, 0.25) is 0 Å². The van der Waals surface area contributed by atoms with Crippen molar-refractivity contribution in [1.82, 2.24) is 0 Å². The highest BCUT2D eigenvalue weighted by molar-refractivity contribution is 7.17. The van der Waals surface area contributed by atoms with Crippen molar-refractivity contribution in [2.45, 2.75) is 19.2 Å². The summed E-state index contributed by atoms with van der Waals surface area (Å²) in [7, 11) is 0. The molecule has 0 saturated carbocycles. The Morgan fingerprint density at radius 3 is 2.79 bits per heavy atom. The van der Waals surface area contributed by atoms with Gasteiger partial charge in [-0.2, -0.15) is 0 Å². The lowest BCUT2D eigenvalue weighted by molar-refractivity contribution is 1.16. The highest BCUT2D eigenvalue weighted by atomic mass is 35.5. The third-order valence-electron chi connectivity index (χ3n) is 2.36. The Morgan fingerprint density at radius 1 is 1.36 bits per heavy atom. The summed E-state index contributed by atoms with van der Waals surface area (Å²) in [4.78, 5) is 0. The van der Waals surface area contributed by atoms with Gasteiger partial charge in [0.15, 0.2) is 0 Å². The molecule has 14 heavy (non-hydrogen) atoms. The van der Waals surface area contributed by atoms with Crippen LogP contribution in [0.1, 0.15) is 18.1 Å². The molecular weight excluding hydrogens is 235 g/mol. The summed E-state index contributed by atoms with van der Waals surface area (Å²) in [5.41, 5.74) is 2.42. The van der Waals surface area contributed by atoms with Gasteiger partial charge in [-0.3, -0.25) is 0 Å². The Labute approximate surface area is 97.5 Å². The smallest absolute Gasteiger partial charge is 0.0488 e. The van der Waals surface area contributed by atoms with Crippen molar-refractivity contribution in [3.8, 4) is 0 Å². The quantitative estimate of drug-likeness (QED) is 0.663. The molecule has 1 heterocycles. The molecule has 0 N–H and O–H groups in total. The summed E-state index contributed by atoms with van der Waals surface area (Å²) in [6.07, 6.45) is 0.955. The zero-order valence-corrected chi connectivity index (χ0v) is 10.1. The number of benzene rings is 1. The van der Waals surface area contributed by atoms with Crippen molar-refractivity contribution in [3.05, 3.63) is 33.7 Å². The summed E-state index contributed by atoms with van der Waals surface area (Å²) in [5.74, 6) is 0.563. The first-order chi connectivity index (χ1) is 6.77. The number of aryl methyl sites for hydroxylation is 1. The first kappa shape index (κ1) is 10.3. The molecule has 0 radical (unpaired) electrons. The van der Waals surface area contributed by atoms with Crippen molar-refractivity contribution >= 4 is 44.6 Å². The van der Waals surface area contributed by atoms with E-state index in [0.717, 1.165) is 11.4 Å². The predicted molar refractivity (Wildman–Crippen MR) is 65.8 cm³/mol. The van der Waals surface area contributed by atoms with Gasteiger partial charge in [-0.05, 0) is 35.1 Å². The molecule has 0 bridgehead atoms. The van der Waals surface area contributed by atoms with E-state index in [1.54, 1.807) is 11.3 Å². The van der Waals surface area contributed by atoms with Gasteiger partial charge in [0.1, 0.15) is 0 Å². The van der Waals surface area contributed by atoms with E-state index in [9.17, 15) is 0 Å². The number of alkyl halides is 1. The fourth-order valence-electron chi connectivity index (χ4n) is 1.69. The Balaban J connectivity index is 2.81. The molecule has 74 valence electrons. The van der Waals surface area contributed by atoms with Gasteiger partial charge in [-0.15, -0.1) is 22.9 Å². The Bertz CT molecular complexity index is 460. The van der Waals surface area contributed by atoms with Crippen molar-refractivity contribution in [2.24, 2.45) is 0 Å². The molecule has 0 spiro atoms. The number of hydrogen-bond acceptors (Lipinski definition) is 1. The Hall–Kier alpha value is -0.240. The van der Waals surface area contributed by atoms with Gasteiger partial charge in [0, 0.05) is 21.0 Å². The van der Waals surface area contributed by atoms with Gasteiger partial charge in [-0.25, -0.2) is 0 Å². The zero-order chi connectivity index (χ0) is 10.1. The molecule has 1 aromatic carbocycles. The van der Waals surface area contributed by atoms with Crippen LogP contribution in [0.5, 0.6) is 0 Å². The summed E-state index contributed by atoms with van der Waals surface area (Å²) in [5, 5.41) is 4.23. The zero-order valence-electron chi connectivity index (χ0n) is 7.81. The second-order valence-electron chi connectivity index (χ2n) is 3.15. The molecule has 0 saturated heterocycles. The van der Waals surface area contributed by atoms with Crippen molar-refractivity contribution < 1.29 is 0 Å². The fraction of sp³-hybridized carbons (Fsp3) is 0.273. The molecule has 0 aliphatic carbocycles. The van der Waals surface area contributed by atoms with Gasteiger partial charge in [0.05, 0.1) is 0 Å². The van der Waals surface area contributed by atoms with E-state index in [0.29, 0.717) is 5.88 Å². The van der Waals surface area contributed by atoms with Gasteiger partial charge in [-0.1, -0.05) is 18.5 Å². The Kier molecular flexibility index (Phi) is 3.01. The minimum Gasteiger partial charge on any atom is -0.143 e. The largest absolute Gasteiger partial charge is 0.143 e. The molecule has 0 unspecified atom stereocenters. The first-order valence-electron chi connectivity index (χ1n) is 4.51. The third-order valence-corrected chi connectivity index (χ3v) is 4.00. The van der Waals surface area contributed by atoms with Crippen molar-refractivity contribution in [2.75, 3.05) is 0 Å². The number of halogens is 2. The van der Waals surface area contributed by atoms with Crippen LogP contribution in [0.3, 0.4) is 0 Å². The lowest BCUT2D eigenvalue weighted by Gasteiger charge is -2.04. The fourth-order valence-corrected chi connectivity index (χ4v) is 3.27. The van der Waals surface area contributed by atoms with Crippen LogP contribution in [0, 0.1) is 0 Å². The maximum Gasteiger partial charge on any atom is 0.0488 e. The van der Waals surface area contributed by atoms with Gasteiger partial charge in [0.25, 0.3) is 0 Å². The van der Waals surface area contributed by atoms with E-state index in [1.165, 1.54) is 21.2 Å². The maximum absolute atomic E-state index is 6.15. The van der Waals surface area contributed by atoms with Crippen LogP contribution in [-0.4, -0.2) is 0 Å². The number of fused-ring (bicyclic) bond motifs is 1. The van der Waals surface area contributed by atoms with Crippen LogP contribution in [0.25, 0.3) is 10.1 Å². The van der Waals surface area contributed by atoms with E-state index in [2.05, 4.69) is 18.4 Å². The second-order valence-corrected chi connectivity index (χ2v) is 4.73. The first-order valence-corrected chi connectivity index (χ1v) is 6.30. The van der Waals surface area contributed by atoms with E-state index >= 15 is 0 Å².